The zero-order valence-corrected chi connectivity index (χ0v) is 16.6. The maximum atomic E-state index is 12.2. The molecule has 0 saturated carbocycles. The number of hydrogen-bond donors (Lipinski definition) is 1. The number of thiophene rings is 1. The van der Waals surface area contributed by atoms with Crippen LogP contribution >= 0.6 is 11.3 Å². The lowest BCUT2D eigenvalue weighted by molar-refractivity contribution is 0.0952. The van der Waals surface area contributed by atoms with Crippen molar-refractivity contribution in [2.75, 3.05) is 20.6 Å². The van der Waals surface area contributed by atoms with Gasteiger partial charge in [-0.2, -0.15) is 5.10 Å². The first-order chi connectivity index (χ1) is 12.9. The summed E-state index contributed by atoms with van der Waals surface area (Å²) in [5, 5.41) is 9.30. The number of amides is 1. The zero-order chi connectivity index (χ0) is 19.4. The van der Waals surface area contributed by atoms with Crippen LogP contribution in [0.3, 0.4) is 0 Å². The zero-order valence-electron chi connectivity index (χ0n) is 15.0. The molecule has 2 aromatic heterocycles. The summed E-state index contributed by atoms with van der Waals surface area (Å²) in [5.41, 5.74) is 1.32. The standard InChI is InChI=1S/C18H20N4O3S2/c1-21(2)27(24,25)15-7-5-14(6-8-15)18(23)19-10-12-22-11-9-16(20-22)17-4-3-13-26-17/h3-9,11,13H,10,12H2,1-2H3,(H,19,23). The number of aromatic nitrogens is 2. The van der Waals surface area contributed by atoms with Crippen molar-refractivity contribution in [3.05, 3.63) is 59.6 Å². The van der Waals surface area contributed by atoms with E-state index in [2.05, 4.69) is 10.4 Å². The summed E-state index contributed by atoms with van der Waals surface area (Å²) in [5.74, 6) is -0.255. The Morgan fingerprint density at radius 2 is 1.93 bits per heavy atom. The van der Waals surface area contributed by atoms with Crippen LogP contribution in [0.4, 0.5) is 0 Å². The molecule has 0 spiro atoms. The van der Waals surface area contributed by atoms with Crippen LogP contribution in [0.2, 0.25) is 0 Å². The normalized spacial score (nSPS) is 11.7. The van der Waals surface area contributed by atoms with E-state index in [9.17, 15) is 13.2 Å². The Morgan fingerprint density at radius 1 is 1.19 bits per heavy atom. The predicted molar refractivity (Wildman–Crippen MR) is 105 cm³/mol. The summed E-state index contributed by atoms with van der Waals surface area (Å²) in [4.78, 5) is 13.5. The minimum absolute atomic E-state index is 0.154. The van der Waals surface area contributed by atoms with Gasteiger partial charge in [0.15, 0.2) is 0 Å². The van der Waals surface area contributed by atoms with Gasteiger partial charge >= 0.3 is 0 Å². The molecule has 0 bridgehead atoms. The quantitative estimate of drug-likeness (QED) is 0.655. The second-order valence-electron chi connectivity index (χ2n) is 6.01. The van der Waals surface area contributed by atoms with Gasteiger partial charge in [0.25, 0.3) is 5.91 Å². The first-order valence-electron chi connectivity index (χ1n) is 8.26. The van der Waals surface area contributed by atoms with Crippen molar-refractivity contribution in [3.63, 3.8) is 0 Å². The average Bonchev–Trinajstić information content (AvgIpc) is 3.33. The molecule has 27 heavy (non-hydrogen) atoms. The van der Waals surface area contributed by atoms with E-state index in [1.54, 1.807) is 16.0 Å². The van der Waals surface area contributed by atoms with E-state index in [-0.39, 0.29) is 10.8 Å². The predicted octanol–water partition coefficient (Wildman–Crippen LogP) is 2.29. The first-order valence-corrected chi connectivity index (χ1v) is 10.6. The van der Waals surface area contributed by atoms with Gasteiger partial charge in [0.1, 0.15) is 5.69 Å². The first kappa shape index (κ1) is 19.3. The van der Waals surface area contributed by atoms with Crippen LogP contribution in [0.15, 0.2) is 58.9 Å². The summed E-state index contributed by atoms with van der Waals surface area (Å²) in [6.07, 6.45) is 1.88. The molecule has 2 heterocycles. The Bertz CT molecular complexity index is 1010. The van der Waals surface area contributed by atoms with Gasteiger partial charge in [-0.25, -0.2) is 12.7 Å². The smallest absolute Gasteiger partial charge is 0.251 e. The molecular formula is C18H20N4O3S2. The molecule has 0 aliphatic heterocycles. The summed E-state index contributed by atoms with van der Waals surface area (Å²) in [6.45, 7) is 0.965. The third-order valence-corrected chi connectivity index (χ3v) is 6.66. The molecule has 142 valence electrons. The second kappa shape index (κ2) is 8.03. The van der Waals surface area contributed by atoms with Crippen LogP contribution in [-0.2, 0) is 16.6 Å². The highest BCUT2D eigenvalue weighted by atomic mass is 32.2. The summed E-state index contributed by atoms with van der Waals surface area (Å²) in [7, 11) is -0.563. The number of hydrogen-bond acceptors (Lipinski definition) is 5. The Kier molecular flexibility index (Phi) is 5.73. The summed E-state index contributed by atoms with van der Waals surface area (Å²) in [6, 6.07) is 11.8. The molecule has 0 saturated heterocycles. The SMILES string of the molecule is CN(C)S(=O)(=O)c1ccc(C(=O)NCCn2ccc(-c3cccs3)n2)cc1. The molecule has 0 aliphatic rings. The molecule has 0 aliphatic carbocycles. The van der Waals surface area contributed by atoms with Crippen LogP contribution in [0.1, 0.15) is 10.4 Å². The fourth-order valence-corrected chi connectivity index (χ4v) is 4.01. The number of sulfonamides is 1. The monoisotopic (exact) mass is 404 g/mol. The lowest BCUT2D eigenvalue weighted by Crippen LogP contribution is -2.27. The minimum Gasteiger partial charge on any atom is -0.350 e. The van der Waals surface area contributed by atoms with Gasteiger partial charge in [-0.15, -0.1) is 11.3 Å². The Hall–Kier alpha value is -2.49. The van der Waals surface area contributed by atoms with Gasteiger partial charge in [0.2, 0.25) is 10.0 Å². The van der Waals surface area contributed by atoms with Gasteiger partial charge in [-0.1, -0.05) is 6.07 Å². The second-order valence-corrected chi connectivity index (χ2v) is 9.11. The number of benzene rings is 1. The van der Waals surface area contributed by atoms with Crippen molar-refractivity contribution in [1.82, 2.24) is 19.4 Å². The van der Waals surface area contributed by atoms with Gasteiger partial charge in [0.05, 0.1) is 16.3 Å². The van der Waals surface area contributed by atoms with E-state index in [0.717, 1.165) is 14.9 Å². The van der Waals surface area contributed by atoms with Crippen LogP contribution in [0.25, 0.3) is 10.6 Å². The van der Waals surface area contributed by atoms with Crippen molar-refractivity contribution >= 4 is 27.3 Å². The lowest BCUT2D eigenvalue weighted by atomic mass is 10.2. The number of carbonyl (C=O) groups excluding carboxylic acids is 1. The van der Waals surface area contributed by atoms with Crippen molar-refractivity contribution in [3.8, 4) is 10.6 Å². The minimum atomic E-state index is -3.50. The highest BCUT2D eigenvalue weighted by molar-refractivity contribution is 7.89. The molecule has 3 aromatic rings. The molecular weight excluding hydrogens is 384 g/mol. The third-order valence-electron chi connectivity index (χ3n) is 3.94. The maximum Gasteiger partial charge on any atom is 0.251 e. The largest absolute Gasteiger partial charge is 0.350 e. The van der Waals surface area contributed by atoms with E-state index in [1.807, 2.05) is 29.8 Å². The van der Waals surface area contributed by atoms with Crippen molar-refractivity contribution < 1.29 is 13.2 Å². The molecule has 1 amide bonds. The van der Waals surface area contributed by atoms with Crippen molar-refractivity contribution in [1.29, 1.82) is 0 Å². The van der Waals surface area contributed by atoms with E-state index < -0.39 is 10.0 Å². The highest BCUT2D eigenvalue weighted by Crippen LogP contribution is 2.22. The van der Waals surface area contributed by atoms with E-state index in [1.165, 1.54) is 38.4 Å². The molecule has 0 fully saturated rings. The molecule has 0 unspecified atom stereocenters. The molecule has 0 atom stereocenters. The molecule has 1 aromatic carbocycles. The number of nitrogens with zero attached hydrogens (tertiary/aromatic N) is 3. The molecule has 9 heteroatoms. The molecule has 0 radical (unpaired) electrons. The van der Waals surface area contributed by atoms with Gasteiger partial charge in [-0.3, -0.25) is 9.48 Å². The van der Waals surface area contributed by atoms with Crippen LogP contribution in [0, 0.1) is 0 Å². The average molecular weight is 405 g/mol. The van der Waals surface area contributed by atoms with Gasteiger partial charge in [-0.05, 0) is 41.8 Å². The Balaban J connectivity index is 1.55. The lowest BCUT2D eigenvalue weighted by Gasteiger charge is -2.11. The maximum absolute atomic E-state index is 12.2. The van der Waals surface area contributed by atoms with E-state index in [0.29, 0.717) is 18.7 Å². The third kappa shape index (κ3) is 4.44. The summed E-state index contributed by atoms with van der Waals surface area (Å²) >= 11 is 1.63. The van der Waals surface area contributed by atoms with E-state index >= 15 is 0 Å². The topological polar surface area (TPSA) is 84.3 Å². The number of nitrogens with one attached hydrogen (secondary N) is 1. The van der Waals surface area contributed by atoms with Gasteiger partial charge < -0.3 is 5.32 Å². The van der Waals surface area contributed by atoms with Crippen molar-refractivity contribution in [2.45, 2.75) is 11.4 Å². The van der Waals surface area contributed by atoms with Crippen LogP contribution < -0.4 is 5.32 Å². The van der Waals surface area contributed by atoms with Crippen LogP contribution in [-0.4, -0.2) is 49.1 Å². The molecule has 7 nitrogen and oxygen atoms in total. The van der Waals surface area contributed by atoms with Crippen LogP contribution in [0.5, 0.6) is 0 Å². The highest BCUT2D eigenvalue weighted by Gasteiger charge is 2.17. The van der Waals surface area contributed by atoms with E-state index in [4.69, 9.17) is 0 Å². The number of rotatable bonds is 7. The van der Waals surface area contributed by atoms with Crippen molar-refractivity contribution in [2.24, 2.45) is 0 Å². The molecule has 1 N–H and O–H groups in total. The van der Waals surface area contributed by atoms with Gasteiger partial charge in [0, 0.05) is 32.4 Å². The number of carbonyl (C=O) groups is 1. The fourth-order valence-electron chi connectivity index (χ4n) is 2.42. The Morgan fingerprint density at radius 3 is 2.56 bits per heavy atom. The Labute approximate surface area is 162 Å². The summed E-state index contributed by atoms with van der Waals surface area (Å²) < 4.78 is 27.0. The molecule has 3 rings (SSSR count). The fraction of sp³-hybridized carbons (Fsp3) is 0.222.